The summed E-state index contributed by atoms with van der Waals surface area (Å²) >= 11 is 5.90. The van der Waals surface area contributed by atoms with Gasteiger partial charge < -0.3 is 10.2 Å². The average Bonchev–Trinajstić information content (AvgIpc) is 3.14. The number of amides is 2. The Morgan fingerprint density at radius 2 is 1.61 bits per heavy atom. The maximum absolute atomic E-state index is 12.7. The minimum atomic E-state index is -3.53. The van der Waals surface area contributed by atoms with Crippen LogP contribution in [0.4, 0.5) is 5.69 Å². The van der Waals surface area contributed by atoms with Crippen LogP contribution in [0.2, 0.25) is 5.02 Å². The Morgan fingerprint density at radius 3 is 2.26 bits per heavy atom. The molecule has 0 unspecified atom stereocenters. The third-order valence-corrected chi connectivity index (χ3v) is 7.83. The molecule has 2 aromatic carbocycles. The van der Waals surface area contributed by atoms with Gasteiger partial charge in [0, 0.05) is 42.3 Å². The van der Waals surface area contributed by atoms with Gasteiger partial charge in [-0.3, -0.25) is 9.59 Å². The lowest BCUT2D eigenvalue weighted by molar-refractivity contribution is -0.117. The number of anilines is 1. The summed E-state index contributed by atoms with van der Waals surface area (Å²) in [5.74, 6) is -0.409. The second-order valence-corrected chi connectivity index (χ2v) is 10.2. The highest BCUT2D eigenvalue weighted by Gasteiger charge is 2.32. The standard InChI is InChI=1S/C22H24ClN3O4S/c23-17-6-8-19(9-7-17)26-15-18(14-21(26)27)24-22(28)16-4-10-20(11-5-16)31(29,30)25-12-2-1-3-13-25/h4-11,18H,1-3,12-15H2,(H,24,28)/t18-/m1/s1. The molecule has 2 aliphatic rings. The highest BCUT2D eigenvalue weighted by atomic mass is 35.5. The smallest absolute Gasteiger partial charge is 0.251 e. The molecule has 1 N–H and O–H groups in total. The number of piperidine rings is 1. The van der Waals surface area contributed by atoms with E-state index in [1.807, 2.05) is 0 Å². The van der Waals surface area contributed by atoms with Gasteiger partial charge in [-0.05, 0) is 61.4 Å². The molecule has 164 valence electrons. The number of hydrogen-bond acceptors (Lipinski definition) is 4. The van der Waals surface area contributed by atoms with Crippen LogP contribution in [0.25, 0.3) is 0 Å². The Bertz CT molecular complexity index is 1060. The Hall–Kier alpha value is -2.42. The predicted molar refractivity (Wildman–Crippen MR) is 119 cm³/mol. The summed E-state index contributed by atoms with van der Waals surface area (Å²) < 4.78 is 27.0. The van der Waals surface area contributed by atoms with E-state index >= 15 is 0 Å². The number of carbonyl (C=O) groups excluding carboxylic acids is 2. The highest BCUT2D eigenvalue weighted by molar-refractivity contribution is 7.89. The number of nitrogens with one attached hydrogen (secondary N) is 1. The lowest BCUT2D eigenvalue weighted by Crippen LogP contribution is -2.37. The minimum Gasteiger partial charge on any atom is -0.347 e. The Morgan fingerprint density at radius 1 is 0.968 bits per heavy atom. The van der Waals surface area contributed by atoms with E-state index in [4.69, 9.17) is 11.6 Å². The van der Waals surface area contributed by atoms with E-state index in [0.29, 0.717) is 30.2 Å². The third kappa shape index (κ3) is 4.76. The summed E-state index contributed by atoms with van der Waals surface area (Å²) in [6.07, 6.45) is 2.99. The fourth-order valence-corrected chi connectivity index (χ4v) is 5.62. The summed E-state index contributed by atoms with van der Waals surface area (Å²) in [5, 5.41) is 3.46. The first-order valence-corrected chi connectivity index (χ1v) is 12.1. The number of halogens is 1. The van der Waals surface area contributed by atoms with Crippen molar-refractivity contribution < 1.29 is 18.0 Å². The van der Waals surface area contributed by atoms with Crippen molar-refractivity contribution >= 4 is 39.1 Å². The van der Waals surface area contributed by atoms with Crippen LogP contribution in [-0.2, 0) is 14.8 Å². The van der Waals surface area contributed by atoms with E-state index in [-0.39, 0.29) is 29.2 Å². The summed E-state index contributed by atoms with van der Waals surface area (Å²) in [4.78, 5) is 26.8. The number of sulfonamides is 1. The molecule has 0 saturated carbocycles. The van der Waals surface area contributed by atoms with Crippen molar-refractivity contribution in [3.8, 4) is 0 Å². The Labute approximate surface area is 187 Å². The molecule has 2 fully saturated rings. The molecule has 0 spiro atoms. The van der Waals surface area contributed by atoms with Crippen molar-refractivity contribution in [1.29, 1.82) is 0 Å². The first-order chi connectivity index (χ1) is 14.8. The van der Waals surface area contributed by atoms with E-state index < -0.39 is 10.0 Å². The quantitative estimate of drug-likeness (QED) is 0.741. The van der Waals surface area contributed by atoms with E-state index in [9.17, 15) is 18.0 Å². The van der Waals surface area contributed by atoms with Gasteiger partial charge >= 0.3 is 0 Å². The van der Waals surface area contributed by atoms with Crippen LogP contribution in [0.1, 0.15) is 36.0 Å². The molecule has 4 rings (SSSR count). The van der Waals surface area contributed by atoms with Crippen LogP contribution in [0, 0.1) is 0 Å². The van der Waals surface area contributed by atoms with Gasteiger partial charge in [-0.1, -0.05) is 18.0 Å². The molecule has 2 amide bonds. The molecule has 2 heterocycles. The van der Waals surface area contributed by atoms with E-state index in [2.05, 4.69) is 5.32 Å². The van der Waals surface area contributed by atoms with Crippen LogP contribution in [-0.4, -0.2) is 50.2 Å². The molecule has 2 aromatic rings. The molecular weight excluding hydrogens is 438 g/mol. The third-order valence-electron chi connectivity index (χ3n) is 5.67. The van der Waals surface area contributed by atoms with Crippen molar-refractivity contribution in [3.05, 3.63) is 59.1 Å². The summed E-state index contributed by atoms with van der Waals surface area (Å²) in [6, 6.07) is 12.6. The SMILES string of the molecule is O=C(N[C@@H]1CC(=O)N(c2ccc(Cl)cc2)C1)c1ccc(S(=O)(=O)N2CCCCC2)cc1. The fraction of sp³-hybridized carbons (Fsp3) is 0.364. The minimum absolute atomic E-state index is 0.0735. The molecule has 7 nitrogen and oxygen atoms in total. The van der Waals surface area contributed by atoms with Crippen LogP contribution in [0.5, 0.6) is 0 Å². The van der Waals surface area contributed by atoms with E-state index in [1.165, 1.54) is 28.6 Å². The second kappa shape index (κ2) is 8.98. The van der Waals surface area contributed by atoms with Gasteiger partial charge in [0.1, 0.15) is 0 Å². The summed E-state index contributed by atoms with van der Waals surface area (Å²) in [7, 11) is -3.53. The number of carbonyl (C=O) groups is 2. The van der Waals surface area contributed by atoms with Gasteiger partial charge in [0.2, 0.25) is 15.9 Å². The molecule has 31 heavy (non-hydrogen) atoms. The second-order valence-electron chi connectivity index (χ2n) is 7.84. The zero-order valence-electron chi connectivity index (χ0n) is 17.0. The highest BCUT2D eigenvalue weighted by Crippen LogP contribution is 2.24. The van der Waals surface area contributed by atoms with Gasteiger partial charge in [-0.15, -0.1) is 0 Å². The van der Waals surface area contributed by atoms with Crippen LogP contribution in [0.3, 0.4) is 0 Å². The molecule has 0 bridgehead atoms. The van der Waals surface area contributed by atoms with Gasteiger partial charge in [-0.25, -0.2) is 8.42 Å². The zero-order valence-corrected chi connectivity index (χ0v) is 18.5. The molecule has 0 aliphatic carbocycles. The molecule has 1 atom stereocenters. The van der Waals surface area contributed by atoms with Crippen molar-refractivity contribution in [3.63, 3.8) is 0 Å². The van der Waals surface area contributed by atoms with Gasteiger partial charge in [-0.2, -0.15) is 4.31 Å². The number of nitrogens with zero attached hydrogens (tertiary/aromatic N) is 2. The molecular formula is C22H24ClN3O4S. The fourth-order valence-electron chi connectivity index (χ4n) is 3.98. The summed E-state index contributed by atoms with van der Waals surface area (Å²) in [6.45, 7) is 1.43. The van der Waals surface area contributed by atoms with Crippen molar-refractivity contribution in [2.75, 3.05) is 24.5 Å². The summed E-state index contributed by atoms with van der Waals surface area (Å²) in [5.41, 5.74) is 1.09. The Balaban J connectivity index is 1.40. The van der Waals surface area contributed by atoms with E-state index in [0.717, 1.165) is 24.9 Å². The number of benzene rings is 2. The first kappa shape index (κ1) is 21.8. The van der Waals surface area contributed by atoms with Crippen molar-refractivity contribution in [2.24, 2.45) is 0 Å². The van der Waals surface area contributed by atoms with Gasteiger partial charge in [0.25, 0.3) is 5.91 Å². The molecule has 2 aliphatic heterocycles. The molecule has 0 radical (unpaired) electrons. The normalized spacial score (nSPS) is 20.1. The largest absolute Gasteiger partial charge is 0.347 e. The monoisotopic (exact) mass is 461 g/mol. The lowest BCUT2D eigenvalue weighted by atomic mass is 10.2. The van der Waals surface area contributed by atoms with Crippen LogP contribution in [0.15, 0.2) is 53.4 Å². The Kier molecular flexibility index (Phi) is 6.31. The number of rotatable bonds is 5. The maximum atomic E-state index is 12.7. The average molecular weight is 462 g/mol. The number of hydrogen-bond donors (Lipinski definition) is 1. The first-order valence-electron chi connectivity index (χ1n) is 10.3. The van der Waals surface area contributed by atoms with Crippen LogP contribution < -0.4 is 10.2 Å². The van der Waals surface area contributed by atoms with Crippen molar-refractivity contribution in [1.82, 2.24) is 9.62 Å². The maximum Gasteiger partial charge on any atom is 0.251 e. The molecule has 9 heteroatoms. The molecule has 2 saturated heterocycles. The predicted octanol–water partition coefficient (Wildman–Crippen LogP) is 3.05. The van der Waals surface area contributed by atoms with Gasteiger partial charge in [0.15, 0.2) is 0 Å². The topological polar surface area (TPSA) is 86.8 Å². The van der Waals surface area contributed by atoms with Gasteiger partial charge in [0.05, 0.1) is 10.9 Å². The molecule has 0 aromatic heterocycles. The lowest BCUT2D eigenvalue weighted by Gasteiger charge is -2.25. The van der Waals surface area contributed by atoms with Crippen LogP contribution >= 0.6 is 11.6 Å². The zero-order chi connectivity index (χ0) is 22.0. The van der Waals surface area contributed by atoms with Crippen molar-refractivity contribution in [2.45, 2.75) is 36.6 Å². The van der Waals surface area contributed by atoms with E-state index in [1.54, 1.807) is 29.2 Å².